The Hall–Kier alpha value is -2.93. The van der Waals surface area contributed by atoms with E-state index in [2.05, 4.69) is 5.32 Å². The smallest absolute Gasteiger partial charge is 0.314 e. The molecular formula is C19H19ClN2O5. The lowest BCUT2D eigenvalue weighted by atomic mass is 9.97. The van der Waals surface area contributed by atoms with Crippen LogP contribution in [0, 0.1) is 10.1 Å². The number of rotatable bonds is 7. The predicted molar refractivity (Wildman–Crippen MR) is 102 cm³/mol. The van der Waals surface area contributed by atoms with Crippen molar-refractivity contribution in [1.82, 2.24) is 0 Å². The zero-order valence-electron chi connectivity index (χ0n) is 14.8. The first kappa shape index (κ1) is 20.4. The third kappa shape index (κ3) is 5.27. The molecule has 2 aromatic rings. The van der Waals surface area contributed by atoms with Gasteiger partial charge in [-0.3, -0.25) is 19.7 Å². The fraction of sp³-hybridized carbons (Fsp3) is 0.263. The molecule has 27 heavy (non-hydrogen) atoms. The van der Waals surface area contributed by atoms with Gasteiger partial charge in [0.25, 0.3) is 11.6 Å². The van der Waals surface area contributed by atoms with Crippen molar-refractivity contribution >= 4 is 34.9 Å². The standard InChI is InChI=1S/C19H19ClN2O5/c1-3-15(13-7-5-4-6-8-13)19(24)27-12(2)18(23)21-17-11-14(22(25)26)9-10-16(17)20/h4-12,15H,3H2,1-2H3,(H,21,23)/t12-,15-/m1/s1. The number of nitro benzene ring substituents is 1. The van der Waals surface area contributed by atoms with Gasteiger partial charge in [-0.05, 0) is 25.0 Å². The van der Waals surface area contributed by atoms with Gasteiger partial charge in [0.1, 0.15) is 0 Å². The summed E-state index contributed by atoms with van der Waals surface area (Å²) in [6, 6.07) is 12.8. The fourth-order valence-electron chi connectivity index (χ4n) is 2.49. The molecule has 8 heteroatoms. The molecule has 0 aromatic heterocycles. The average molecular weight is 391 g/mol. The molecule has 0 aliphatic heterocycles. The van der Waals surface area contributed by atoms with Crippen LogP contribution in [0.2, 0.25) is 5.02 Å². The Labute approximate surface area is 161 Å². The van der Waals surface area contributed by atoms with E-state index in [4.69, 9.17) is 16.3 Å². The maximum absolute atomic E-state index is 12.4. The summed E-state index contributed by atoms with van der Waals surface area (Å²) < 4.78 is 5.28. The number of anilines is 1. The zero-order valence-corrected chi connectivity index (χ0v) is 15.6. The zero-order chi connectivity index (χ0) is 20.0. The Morgan fingerprint density at radius 1 is 1.22 bits per heavy atom. The van der Waals surface area contributed by atoms with Crippen LogP contribution in [0.4, 0.5) is 11.4 Å². The number of amides is 1. The minimum absolute atomic E-state index is 0.0777. The number of nitrogens with one attached hydrogen (secondary N) is 1. The normalized spacial score (nSPS) is 12.7. The van der Waals surface area contributed by atoms with E-state index in [1.54, 1.807) is 0 Å². The lowest BCUT2D eigenvalue weighted by Crippen LogP contribution is -2.31. The topological polar surface area (TPSA) is 98.5 Å². The van der Waals surface area contributed by atoms with Gasteiger partial charge in [0.2, 0.25) is 0 Å². The summed E-state index contributed by atoms with van der Waals surface area (Å²) in [7, 11) is 0. The van der Waals surface area contributed by atoms with E-state index in [-0.39, 0.29) is 16.4 Å². The van der Waals surface area contributed by atoms with Gasteiger partial charge in [-0.15, -0.1) is 0 Å². The molecular weight excluding hydrogens is 372 g/mol. The molecule has 7 nitrogen and oxygen atoms in total. The second-order valence-electron chi connectivity index (χ2n) is 5.86. The third-order valence-corrected chi connectivity index (χ3v) is 4.31. The van der Waals surface area contributed by atoms with Crippen molar-refractivity contribution in [3.05, 3.63) is 69.2 Å². The largest absolute Gasteiger partial charge is 0.452 e. The van der Waals surface area contributed by atoms with Gasteiger partial charge in [0.05, 0.1) is 21.6 Å². The van der Waals surface area contributed by atoms with Gasteiger partial charge < -0.3 is 10.1 Å². The van der Waals surface area contributed by atoms with Gasteiger partial charge >= 0.3 is 5.97 Å². The van der Waals surface area contributed by atoms with Crippen molar-refractivity contribution in [2.24, 2.45) is 0 Å². The molecule has 0 heterocycles. The number of benzene rings is 2. The minimum Gasteiger partial charge on any atom is -0.452 e. The van der Waals surface area contributed by atoms with Crippen LogP contribution in [0.25, 0.3) is 0 Å². The highest BCUT2D eigenvalue weighted by atomic mass is 35.5. The average Bonchev–Trinajstić information content (AvgIpc) is 2.64. The molecule has 0 bridgehead atoms. The van der Waals surface area contributed by atoms with Crippen molar-refractivity contribution in [3.63, 3.8) is 0 Å². The maximum atomic E-state index is 12.4. The van der Waals surface area contributed by atoms with Crippen LogP contribution in [0.5, 0.6) is 0 Å². The van der Waals surface area contributed by atoms with Crippen molar-refractivity contribution in [2.75, 3.05) is 5.32 Å². The molecule has 0 spiro atoms. The van der Waals surface area contributed by atoms with Crippen LogP contribution in [0.3, 0.4) is 0 Å². The van der Waals surface area contributed by atoms with E-state index >= 15 is 0 Å². The number of carbonyl (C=O) groups is 2. The van der Waals surface area contributed by atoms with Crippen molar-refractivity contribution < 1.29 is 19.2 Å². The quantitative estimate of drug-likeness (QED) is 0.431. The monoisotopic (exact) mass is 390 g/mol. The van der Waals surface area contributed by atoms with Crippen LogP contribution in [-0.4, -0.2) is 22.9 Å². The van der Waals surface area contributed by atoms with E-state index in [0.29, 0.717) is 6.42 Å². The lowest BCUT2D eigenvalue weighted by Gasteiger charge is -2.18. The number of non-ortho nitro benzene ring substituents is 1. The van der Waals surface area contributed by atoms with Crippen LogP contribution >= 0.6 is 11.6 Å². The highest BCUT2D eigenvalue weighted by Crippen LogP contribution is 2.27. The van der Waals surface area contributed by atoms with E-state index in [0.717, 1.165) is 11.6 Å². The summed E-state index contributed by atoms with van der Waals surface area (Å²) >= 11 is 5.96. The van der Waals surface area contributed by atoms with E-state index in [1.807, 2.05) is 37.3 Å². The molecule has 2 aromatic carbocycles. The Bertz CT molecular complexity index is 841. The first-order valence-corrected chi connectivity index (χ1v) is 8.71. The number of ether oxygens (including phenoxy) is 1. The van der Waals surface area contributed by atoms with Gasteiger partial charge in [-0.25, -0.2) is 0 Å². The number of carbonyl (C=O) groups excluding carboxylic acids is 2. The molecule has 0 unspecified atom stereocenters. The van der Waals surface area contributed by atoms with E-state index in [9.17, 15) is 19.7 Å². The molecule has 0 radical (unpaired) electrons. The summed E-state index contributed by atoms with van der Waals surface area (Å²) in [4.78, 5) is 35.0. The molecule has 0 saturated heterocycles. The predicted octanol–water partition coefficient (Wildman–Crippen LogP) is 4.31. The van der Waals surface area contributed by atoms with Crippen molar-refractivity contribution in [2.45, 2.75) is 32.3 Å². The summed E-state index contributed by atoms with van der Waals surface area (Å²) in [5.74, 6) is -1.63. The first-order valence-electron chi connectivity index (χ1n) is 8.33. The second kappa shape index (κ2) is 9.14. The maximum Gasteiger partial charge on any atom is 0.314 e. The lowest BCUT2D eigenvalue weighted by molar-refractivity contribution is -0.384. The Kier molecular flexibility index (Phi) is 6.90. The molecule has 1 N–H and O–H groups in total. The number of halogens is 1. The van der Waals surface area contributed by atoms with Crippen LogP contribution in [-0.2, 0) is 14.3 Å². The molecule has 0 aliphatic carbocycles. The number of hydrogen-bond donors (Lipinski definition) is 1. The Balaban J connectivity index is 2.06. The van der Waals surface area contributed by atoms with Gasteiger partial charge in [0, 0.05) is 12.1 Å². The minimum atomic E-state index is -1.09. The molecule has 2 rings (SSSR count). The van der Waals surface area contributed by atoms with E-state index < -0.39 is 28.8 Å². The highest BCUT2D eigenvalue weighted by Gasteiger charge is 2.25. The first-order chi connectivity index (χ1) is 12.8. The number of nitro groups is 1. The van der Waals surface area contributed by atoms with Crippen LogP contribution in [0.1, 0.15) is 31.7 Å². The molecule has 1 amide bonds. The van der Waals surface area contributed by atoms with Crippen LogP contribution in [0.15, 0.2) is 48.5 Å². The molecule has 0 fully saturated rings. The SMILES string of the molecule is CC[C@@H](C(=O)O[C@H](C)C(=O)Nc1cc([N+](=O)[O-])ccc1Cl)c1ccccc1. The van der Waals surface area contributed by atoms with Crippen molar-refractivity contribution in [1.29, 1.82) is 0 Å². The second-order valence-corrected chi connectivity index (χ2v) is 6.27. The highest BCUT2D eigenvalue weighted by molar-refractivity contribution is 6.33. The molecule has 0 saturated carbocycles. The summed E-state index contributed by atoms with van der Waals surface area (Å²) in [6.07, 6.45) is -0.570. The summed E-state index contributed by atoms with van der Waals surface area (Å²) in [6.45, 7) is 3.28. The number of hydrogen-bond acceptors (Lipinski definition) is 5. The molecule has 142 valence electrons. The van der Waals surface area contributed by atoms with Crippen LogP contribution < -0.4 is 5.32 Å². The van der Waals surface area contributed by atoms with Gasteiger partial charge in [-0.2, -0.15) is 0 Å². The molecule has 2 atom stereocenters. The fourth-order valence-corrected chi connectivity index (χ4v) is 2.66. The van der Waals surface area contributed by atoms with Crippen molar-refractivity contribution in [3.8, 4) is 0 Å². The summed E-state index contributed by atoms with van der Waals surface area (Å²) in [5, 5.41) is 13.4. The van der Waals surface area contributed by atoms with Gasteiger partial charge in [0.15, 0.2) is 6.10 Å². The number of esters is 1. The third-order valence-electron chi connectivity index (χ3n) is 3.98. The molecule has 0 aliphatic rings. The number of nitrogens with zero attached hydrogens (tertiary/aromatic N) is 1. The Morgan fingerprint density at radius 2 is 1.89 bits per heavy atom. The van der Waals surface area contributed by atoms with Gasteiger partial charge in [-0.1, -0.05) is 48.9 Å². The van der Waals surface area contributed by atoms with E-state index in [1.165, 1.54) is 19.1 Å². The summed E-state index contributed by atoms with van der Waals surface area (Å²) in [5.41, 5.74) is 0.669. The Morgan fingerprint density at radius 3 is 2.48 bits per heavy atom.